The summed E-state index contributed by atoms with van der Waals surface area (Å²) < 4.78 is 0. The van der Waals surface area contributed by atoms with Crippen molar-refractivity contribution in [3.8, 4) is 50.3 Å². The summed E-state index contributed by atoms with van der Waals surface area (Å²) in [4.78, 5) is 0. The number of rotatable bonds is 4. The third-order valence-corrected chi connectivity index (χ3v) is 6.89. The lowest BCUT2D eigenvalue weighted by Crippen LogP contribution is -1.94. The van der Waals surface area contributed by atoms with Gasteiger partial charge >= 0.3 is 0 Å². The van der Waals surface area contributed by atoms with Crippen LogP contribution in [-0.2, 0) is 0 Å². The van der Waals surface area contributed by atoms with Crippen LogP contribution >= 0.6 is 46.4 Å². The van der Waals surface area contributed by atoms with Crippen molar-refractivity contribution in [3.63, 3.8) is 0 Å². The lowest BCUT2D eigenvalue weighted by molar-refractivity contribution is 0.480. The highest BCUT2D eigenvalue weighted by atomic mass is 35.5. The maximum absolute atomic E-state index is 11.9. The first-order chi connectivity index (χ1) is 16.9. The van der Waals surface area contributed by atoms with Crippen LogP contribution in [0.15, 0.2) is 103 Å². The molecule has 1 nitrogen and oxygen atoms in total. The molecule has 0 saturated heterocycles. The van der Waals surface area contributed by atoms with E-state index in [1.165, 1.54) is 0 Å². The maximum Gasteiger partial charge on any atom is 0.132 e. The first-order valence-electron chi connectivity index (χ1n) is 10.8. The highest BCUT2D eigenvalue weighted by molar-refractivity contribution is 6.31. The molecule has 5 rings (SSSR count). The van der Waals surface area contributed by atoms with E-state index in [9.17, 15) is 5.11 Å². The van der Waals surface area contributed by atoms with Crippen molar-refractivity contribution in [3.05, 3.63) is 123 Å². The number of aromatic hydroxyl groups is 1. The molecule has 35 heavy (non-hydrogen) atoms. The number of phenolic OH excluding ortho intramolecular Hbond substituents is 1. The second kappa shape index (κ2) is 9.97. The second-order valence-electron chi connectivity index (χ2n) is 8.10. The van der Waals surface area contributed by atoms with Crippen LogP contribution in [0.5, 0.6) is 5.75 Å². The van der Waals surface area contributed by atoms with Crippen LogP contribution in [-0.4, -0.2) is 5.11 Å². The molecule has 0 unspecified atom stereocenters. The van der Waals surface area contributed by atoms with Gasteiger partial charge in [0.1, 0.15) is 5.75 Å². The van der Waals surface area contributed by atoms with Crippen LogP contribution in [0.25, 0.3) is 44.5 Å². The third-order valence-electron chi connectivity index (χ3n) is 5.88. The molecular formula is C30H18Cl4O. The minimum absolute atomic E-state index is 0.159. The Morgan fingerprint density at radius 3 is 0.914 bits per heavy atom. The average molecular weight is 536 g/mol. The Labute approximate surface area is 224 Å². The molecule has 1 N–H and O–H groups in total. The summed E-state index contributed by atoms with van der Waals surface area (Å²) in [5.41, 5.74) is 6.66. The minimum Gasteiger partial charge on any atom is -0.507 e. The fourth-order valence-electron chi connectivity index (χ4n) is 4.20. The molecule has 5 heteroatoms. The predicted octanol–water partition coefficient (Wildman–Crippen LogP) is 10.7. The Bertz CT molecular complexity index is 1380. The van der Waals surface area contributed by atoms with Gasteiger partial charge in [-0.2, -0.15) is 0 Å². The van der Waals surface area contributed by atoms with E-state index in [0.29, 0.717) is 31.2 Å². The molecule has 0 bridgehead atoms. The SMILES string of the molecule is Oc1c(-c2ccc(Cl)cc2)c(-c2ccc(Cl)cc2)cc(-c2ccc(Cl)cc2)c1-c1ccc(Cl)cc1. The zero-order chi connectivity index (χ0) is 24.5. The second-order valence-corrected chi connectivity index (χ2v) is 9.84. The molecule has 172 valence electrons. The Balaban J connectivity index is 1.89. The Kier molecular flexibility index (Phi) is 6.77. The average Bonchev–Trinajstić information content (AvgIpc) is 2.86. The minimum atomic E-state index is 0.159. The summed E-state index contributed by atoms with van der Waals surface area (Å²) in [6.07, 6.45) is 0. The quantitative estimate of drug-likeness (QED) is 0.242. The van der Waals surface area contributed by atoms with Crippen LogP contribution in [0.2, 0.25) is 20.1 Å². The molecule has 0 heterocycles. The van der Waals surface area contributed by atoms with Gasteiger partial charge in [0.15, 0.2) is 0 Å². The maximum atomic E-state index is 11.9. The molecule has 0 aliphatic rings. The lowest BCUT2D eigenvalue weighted by Gasteiger charge is -2.21. The molecule has 0 radical (unpaired) electrons. The first-order valence-corrected chi connectivity index (χ1v) is 12.4. The summed E-state index contributed by atoms with van der Waals surface area (Å²) in [5.74, 6) is 0.159. The lowest BCUT2D eigenvalue weighted by atomic mass is 9.84. The van der Waals surface area contributed by atoms with Gasteiger partial charge in [-0.05, 0) is 88.0 Å². The van der Waals surface area contributed by atoms with Crippen molar-refractivity contribution in [1.82, 2.24) is 0 Å². The summed E-state index contributed by atoms with van der Waals surface area (Å²) in [7, 11) is 0. The molecule has 0 aliphatic carbocycles. The Hall–Kier alpha value is -2.94. The molecule has 0 aliphatic heterocycles. The molecule has 0 atom stereocenters. The predicted molar refractivity (Wildman–Crippen MR) is 150 cm³/mol. The number of halogens is 4. The smallest absolute Gasteiger partial charge is 0.132 e. The molecule has 0 spiro atoms. The Morgan fingerprint density at radius 2 is 0.629 bits per heavy atom. The van der Waals surface area contributed by atoms with Crippen molar-refractivity contribution in [2.24, 2.45) is 0 Å². The van der Waals surface area contributed by atoms with Crippen LogP contribution in [0.3, 0.4) is 0 Å². The normalized spacial score (nSPS) is 11.0. The van der Waals surface area contributed by atoms with Crippen LogP contribution in [0, 0.1) is 0 Å². The van der Waals surface area contributed by atoms with Gasteiger partial charge in [0, 0.05) is 31.2 Å². The van der Waals surface area contributed by atoms with Crippen molar-refractivity contribution in [2.75, 3.05) is 0 Å². The monoisotopic (exact) mass is 534 g/mol. The number of benzene rings is 5. The largest absolute Gasteiger partial charge is 0.507 e. The highest BCUT2D eigenvalue weighted by Gasteiger charge is 2.22. The van der Waals surface area contributed by atoms with Gasteiger partial charge in [-0.15, -0.1) is 0 Å². The summed E-state index contributed by atoms with van der Waals surface area (Å²) in [5, 5.41) is 14.4. The van der Waals surface area contributed by atoms with Crippen LogP contribution < -0.4 is 0 Å². The standard InChI is InChI=1S/C30H18Cl4O/c31-22-9-1-18(2-10-22)26-17-27(19-3-11-23(32)12-4-19)29(21-7-15-25(34)16-8-21)30(35)28(26)20-5-13-24(33)14-6-20/h1-17,35H. The van der Waals surface area contributed by atoms with E-state index in [2.05, 4.69) is 6.07 Å². The number of phenols is 1. The zero-order valence-corrected chi connectivity index (χ0v) is 21.3. The van der Waals surface area contributed by atoms with Crippen LogP contribution in [0.1, 0.15) is 0 Å². The van der Waals surface area contributed by atoms with E-state index >= 15 is 0 Å². The van der Waals surface area contributed by atoms with Gasteiger partial charge in [0.25, 0.3) is 0 Å². The highest BCUT2D eigenvalue weighted by Crippen LogP contribution is 2.50. The molecule has 0 saturated carbocycles. The first kappa shape index (κ1) is 23.8. The zero-order valence-electron chi connectivity index (χ0n) is 18.3. The summed E-state index contributed by atoms with van der Waals surface area (Å²) >= 11 is 24.7. The topological polar surface area (TPSA) is 20.2 Å². The van der Waals surface area contributed by atoms with E-state index < -0.39 is 0 Å². The van der Waals surface area contributed by atoms with Gasteiger partial charge in [-0.1, -0.05) is 94.9 Å². The molecule has 0 fully saturated rings. The number of hydrogen-bond donors (Lipinski definition) is 1. The van der Waals surface area contributed by atoms with E-state index in [1.807, 2.05) is 97.1 Å². The van der Waals surface area contributed by atoms with Crippen LogP contribution in [0.4, 0.5) is 0 Å². The fraction of sp³-hybridized carbons (Fsp3) is 0. The van der Waals surface area contributed by atoms with Gasteiger partial charge in [-0.25, -0.2) is 0 Å². The van der Waals surface area contributed by atoms with Crippen molar-refractivity contribution >= 4 is 46.4 Å². The molecule has 0 aromatic heterocycles. The van der Waals surface area contributed by atoms with E-state index in [-0.39, 0.29) is 5.75 Å². The van der Waals surface area contributed by atoms with E-state index in [4.69, 9.17) is 46.4 Å². The van der Waals surface area contributed by atoms with Gasteiger partial charge in [0.05, 0.1) is 0 Å². The summed E-state index contributed by atoms with van der Waals surface area (Å²) in [6.45, 7) is 0. The molecule has 0 amide bonds. The summed E-state index contributed by atoms with van der Waals surface area (Å²) in [6, 6.07) is 32.2. The fourth-order valence-corrected chi connectivity index (χ4v) is 4.70. The molecule has 5 aromatic rings. The third kappa shape index (κ3) is 4.91. The van der Waals surface area contributed by atoms with Gasteiger partial charge < -0.3 is 5.11 Å². The van der Waals surface area contributed by atoms with Gasteiger partial charge in [0.2, 0.25) is 0 Å². The van der Waals surface area contributed by atoms with Crippen molar-refractivity contribution in [1.29, 1.82) is 0 Å². The van der Waals surface area contributed by atoms with Crippen molar-refractivity contribution < 1.29 is 5.11 Å². The Morgan fingerprint density at radius 1 is 0.371 bits per heavy atom. The number of hydrogen-bond acceptors (Lipinski definition) is 1. The van der Waals surface area contributed by atoms with Crippen molar-refractivity contribution in [2.45, 2.75) is 0 Å². The van der Waals surface area contributed by atoms with E-state index in [0.717, 1.165) is 33.4 Å². The molecule has 5 aromatic carbocycles. The van der Waals surface area contributed by atoms with E-state index in [1.54, 1.807) is 0 Å². The molecular weight excluding hydrogens is 518 g/mol. The van der Waals surface area contributed by atoms with Gasteiger partial charge in [-0.3, -0.25) is 0 Å².